The van der Waals surface area contributed by atoms with Gasteiger partial charge in [-0.15, -0.1) is 11.3 Å². The summed E-state index contributed by atoms with van der Waals surface area (Å²) in [4.78, 5) is 13.3. The molecule has 2 rings (SSSR count). The van der Waals surface area contributed by atoms with E-state index in [2.05, 4.69) is 18.3 Å². The van der Waals surface area contributed by atoms with Gasteiger partial charge in [-0.25, -0.2) is 0 Å². The van der Waals surface area contributed by atoms with Gasteiger partial charge in [-0.05, 0) is 41.6 Å². The average molecular weight is 275 g/mol. The average Bonchev–Trinajstić information content (AvgIpc) is 2.82. The molecule has 1 heterocycles. The number of carbonyl (C=O) groups is 1. The molecule has 0 unspecified atom stereocenters. The Kier molecular flexibility index (Phi) is 4.71. The number of aryl methyl sites for hydroxylation is 1. The fourth-order valence-corrected chi connectivity index (χ4v) is 2.66. The van der Waals surface area contributed by atoms with Crippen LogP contribution >= 0.6 is 11.3 Å². The maximum atomic E-state index is 12.1. The van der Waals surface area contributed by atoms with Crippen molar-refractivity contribution in [2.24, 2.45) is 0 Å². The van der Waals surface area contributed by atoms with Gasteiger partial charge in [-0.2, -0.15) is 0 Å². The molecule has 19 heavy (non-hydrogen) atoms. The first-order chi connectivity index (χ1) is 9.20. The predicted molar refractivity (Wildman–Crippen MR) is 77.4 cm³/mol. The second-order valence-corrected chi connectivity index (χ2v) is 5.34. The number of hydrogen-bond donors (Lipinski definition) is 1. The third-order valence-electron chi connectivity index (χ3n) is 2.88. The molecule has 1 N–H and O–H groups in total. The smallest absolute Gasteiger partial charge is 0.251 e. The fraction of sp³-hybridized carbons (Fsp3) is 0.267. The maximum absolute atomic E-state index is 12.1. The Morgan fingerprint density at radius 2 is 2.21 bits per heavy atom. The van der Waals surface area contributed by atoms with Crippen LogP contribution in [0.3, 0.4) is 0 Å². The standard InChI is InChI=1S/C15H17NO2S/c1-11-6-7-19-14(11)9-16-15(17)13-5-3-4-12(8-13)10-18-2/h3-8H,9-10H2,1-2H3,(H,16,17). The van der Waals surface area contributed by atoms with Crippen molar-refractivity contribution in [3.63, 3.8) is 0 Å². The van der Waals surface area contributed by atoms with Crippen LogP contribution in [-0.2, 0) is 17.9 Å². The molecule has 1 amide bonds. The molecule has 1 aromatic heterocycles. The first kappa shape index (κ1) is 13.8. The Labute approximate surface area is 117 Å². The first-order valence-corrected chi connectivity index (χ1v) is 6.97. The molecule has 2 aromatic rings. The van der Waals surface area contributed by atoms with Crippen LogP contribution in [0.15, 0.2) is 35.7 Å². The molecule has 0 radical (unpaired) electrons. The summed E-state index contributed by atoms with van der Waals surface area (Å²) in [5.74, 6) is -0.0502. The Morgan fingerprint density at radius 3 is 2.89 bits per heavy atom. The van der Waals surface area contributed by atoms with Crippen molar-refractivity contribution in [1.29, 1.82) is 0 Å². The molecule has 100 valence electrons. The van der Waals surface area contributed by atoms with Gasteiger partial charge in [0.2, 0.25) is 0 Å². The lowest BCUT2D eigenvalue weighted by atomic mass is 10.1. The van der Waals surface area contributed by atoms with Crippen LogP contribution < -0.4 is 5.32 Å². The van der Waals surface area contributed by atoms with Gasteiger partial charge >= 0.3 is 0 Å². The number of methoxy groups -OCH3 is 1. The van der Waals surface area contributed by atoms with Crippen molar-refractivity contribution < 1.29 is 9.53 Å². The number of benzene rings is 1. The lowest BCUT2D eigenvalue weighted by molar-refractivity contribution is 0.0951. The van der Waals surface area contributed by atoms with Crippen LogP contribution in [-0.4, -0.2) is 13.0 Å². The molecule has 0 saturated heterocycles. The first-order valence-electron chi connectivity index (χ1n) is 6.09. The Balaban J connectivity index is 2.00. The van der Waals surface area contributed by atoms with Crippen molar-refractivity contribution in [3.05, 3.63) is 57.3 Å². The molecule has 0 atom stereocenters. The van der Waals surface area contributed by atoms with E-state index >= 15 is 0 Å². The Hall–Kier alpha value is -1.65. The van der Waals surface area contributed by atoms with E-state index in [0.29, 0.717) is 18.7 Å². The van der Waals surface area contributed by atoms with E-state index in [4.69, 9.17) is 4.74 Å². The zero-order valence-electron chi connectivity index (χ0n) is 11.1. The third-order valence-corrected chi connectivity index (χ3v) is 3.90. The quantitative estimate of drug-likeness (QED) is 0.910. The highest BCUT2D eigenvalue weighted by Crippen LogP contribution is 2.15. The molecule has 0 fully saturated rings. The summed E-state index contributed by atoms with van der Waals surface area (Å²) >= 11 is 1.66. The van der Waals surface area contributed by atoms with E-state index in [0.717, 1.165) is 5.56 Å². The van der Waals surface area contributed by atoms with E-state index in [1.807, 2.05) is 29.6 Å². The molecule has 0 saturated carbocycles. The summed E-state index contributed by atoms with van der Waals surface area (Å²) in [6.07, 6.45) is 0. The largest absolute Gasteiger partial charge is 0.380 e. The molecule has 4 heteroatoms. The summed E-state index contributed by atoms with van der Waals surface area (Å²) in [5, 5.41) is 4.98. The molecule has 3 nitrogen and oxygen atoms in total. The lowest BCUT2D eigenvalue weighted by Crippen LogP contribution is -2.22. The van der Waals surface area contributed by atoms with Crippen LogP contribution in [0.4, 0.5) is 0 Å². The topological polar surface area (TPSA) is 38.3 Å². The number of carbonyl (C=O) groups excluding carboxylic acids is 1. The van der Waals surface area contributed by atoms with Crippen LogP contribution in [0.2, 0.25) is 0 Å². The van der Waals surface area contributed by atoms with E-state index in [-0.39, 0.29) is 5.91 Å². The zero-order chi connectivity index (χ0) is 13.7. The van der Waals surface area contributed by atoms with Gasteiger partial charge in [-0.3, -0.25) is 4.79 Å². The van der Waals surface area contributed by atoms with Crippen molar-refractivity contribution in [2.45, 2.75) is 20.1 Å². The highest BCUT2D eigenvalue weighted by molar-refractivity contribution is 7.10. The van der Waals surface area contributed by atoms with E-state index in [1.165, 1.54) is 10.4 Å². The fourth-order valence-electron chi connectivity index (χ4n) is 1.82. The van der Waals surface area contributed by atoms with Gasteiger partial charge < -0.3 is 10.1 Å². The second kappa shape index (κ2) is 6.50. The molecule has 0 aliphatic rings. The highest BCUT2D eigenvalue weighted by atomic mass is 32.1. The molecule has 0 bridgehead atoms. The minimum atomic E-state index is -0.0502. The van der Waals surface area contributed by atoms with Crippen molar-refractivity contribution >= 4 is 17.2 Å². The highest BCUT2D eigenvalue weighted by Gasteiger charge is 2.07. The van der Waals surface area contributed by atoms with Crippen LogP contribution in [0, 0.1) is 6.92 Å². The van der Waals surface area contributed by atoms with Crippen LogP contribution in [0.5, 0.6) is 0 Å². The molecule has 0 spiro atoms. The minimum Gasteiger partial charge on any atom is -0.380 e. The van der Waals surface area contributed by atoms with Crippen molar-refractivity contribution in [2.75, 3.05) is 7.11 Å². The number of rotatable bonds is 5. The van der Waals surface area contributed by atoms with Crippen LogP contribution in [0.25, 0.3) is 0 Å². The maximum Gasteiger partial charge on any atom is 0.251 e. The number of amides is 1. The third kappa shape index (κ3) is 3.66. The Bertz CT molecular complexity index is 563. The normalized spacial score (nSPS) is 10.4. The summed E-state index contributed by atoms with van der Waals surface area (Å²) < 4.78 is 5.07. The zero-order valence-corrected chi connectivity index (χ0v) is 11.9. The summed E-state index contributed by atoms with van der Waals surface area (Å²) in [5.41, 5.74) is 2.89. The number of hydrogen-bond acceptors (Lipinski definition) is 3. The van der Waals surface area contributed by atoms with Gasteiger partial charge in [-0.1, -0.05) is 12.1 Å². The molecule has 0 aliphatic heterocycles. The van der Waals surface area contributed by atoms with E-state index in [9.17, 15) is 4.79 Å². The van der Waals surface area contributed by atoms with Gasteiger partial charge in [0.25, 0.3) is 5.91 Å². The summed E-state index contributed by atoms with van der Waals surface area (Å²) in [6.45, 7) is 3.15. The molecule has 1 aromatic carbocycles. The van der Waals surface area contributed by atoms with E-state index in [1.54, 1.807) is 18.4 Å². The monoisotopic (exact) mass is 275 g/mol. The van der Waals surface area contributed by atoms with Crippen LogP contribution in [0.1, 0.15) is 26.4 Å². The van der Waals surface area contributed by atoms with Gasteiger partial charge in [0.05, 0.1) is 13.2 Å². The number of nitrogens with one attached hydrogen (secondary N) is 1. The molecule has 0 aliphatic carbocycles. The molecular weight excluding hydrogens is 258 g/mol. The second-order valence-electron chi connectivity index (χ2n) is 4.34. The van der Waals surface area contributed by atoms with Gasteiger partial charge in [0, 0.05) is 17.6 Å². The Morgan fingerprint density at radius 1 is 1.37 bits per heavy atom. The van der Waals surface area contributed by atoms with Crippen molar-refractivity contribution in [1.82, 2.24) is 5.32 Å². The number of thiophene rings is 1. The summed E-state index contributed by atoms with van der Waals surface area (Å²) in [6, 6.07) is 9.56. The van der Waals surface area contributed by atoms with Gasteiger partial charge in [0.1, 0.15) is 0 Å². The minimum absolute atomic E-state index is 0.0502. The molecular formula is C15H17NO2S. The van der Waals surface area contributed by atoms with Crippen molar-refractivity contribution in [3.8, 4) is 0 Å². The lowest BCUT2D eigenvalue weighted by Gasteiger charge is -2.06. The summed E-state index contributed by atoms with van der Waals surface area (Å²) in [7, 11) is 1.65. The van der Waals surface area contributed by atoms with E-state index < -0.39 is 0 Å². The predicted octanol–water partition coefficient (Wildman–Crippen LogP) is 3.13. The SMILES string of the molecule is COCc1cccc(C(=O)NCc2sccc2C)c1. The van der Waals surface area contributed by atoms with Gasteiger partial charge in [0.15, 0.2) is 0 Å². The number of ether oxygens (including phenoxy) is 1.